The van der Waals surface area contributed by atoms with Gasteiger partial charge in [-0.25, -0.2) is 9.07 Å². The first kappa shape index (κ1) is 19.0. The Morgan fingerprint density at radius 1 is 1.30 bits per heavy atom. The average Bonchev–Trinajstić information content (AvgIpc) is 2.90. The standard InChI is InChI=1S/C19H22FN3O4/c1-12-17(13(2)23(21-12)15-5-3-14(20)4-6-15)10-18(24)22-7-8-27-16(11-22)9-19(25)26/h3-6,16H,7-11H2,1-2H3,(H,25,26)/t16-/m1/s1. The minimum Gasteiger partial charge on any atom is -0.481 e. The van der Waals surface area contributed by atoms with Crippen LogP contribution in [0.25, 0.3) is 5.69 Å². The second-order valence-corrected chi connectivity index (χ2v) is 6.64. The molecule has 2 aromatic rings. The third-order valence-electron chi connectivity index (χ3n) is 4.73. The maximum Gasteiger partial charge on any atom is 0.306 e. The van der Waals surface area contributed by atoms with Crippen LogP contribution in [0.5, 0.6) is 0 Å². The molecule has 2 heterocycles. The van der Waals surface area contributed by atoms with Gasteiger partial charge in [-0.1, -0.05) is 0 Å². The van der Waals surface area contributed by atoms with Crippen LogP contribution >= 0.6 is 0 Å². The molecule has 1 aromatic carbocycles. The van der Waals surface area contributed by atoms with Crippen LogP contribution in [-0.4, -0.2) is 57.5 Å². The molecular weight excluding hydrogens is 353 g/mol. The fraction of sp³-hybridized carbons (Fsp3) is 0.421. The molecule has 1 aromatic heterocycles. The lowest BCUT2D eigenvalue weighted by molar-refractivity contribution is -0.147. The quantitative estimate of drug-likeness (QED) is 0.863. The Hall–Kier alpha value is -2.74. The minimum atomic E-state index is -0.943. The molecule has 1 amide bonds. The van der Waals surface area contributed by atoms with Crippen molar-refractivity contribution in [1.82, 2.24) is 14.7 Å². The third kappa shape index (κ3) is 4.33. The summed E-state index contributed by atoms with van der Waals surface area (Å²) >= 11 is 0. The van der Waals surface area contributed by atoms with E-state index < -0.39 is 12.1 Å². The predicted octanol–water partition coefficient (Wildman–Crippen LogP) is 1.87. The van der Waals surface area contributed by atoms with E-state index in [4.69, 9.17) is 9.84 Å². The van der Waals surface area contributed by atoms with Gasteiger partial charge in [0, 0.05) is 24.3 Å². The number of aliphatic carboxylic acids is 1. The molecule has 7 nitrogen and oxygen atoms in total. The van der Waals surface area contributed by atoms with Gasteiger partial charge in [-0.2, -0.15) is 5.10 Å². The van der Waals surface area contributed by atoms with Crippen molar-refractivity contribution >= 4 is 11.9 Å². The number of halogens is 1. The smallest absolute Gasteiger partial charge is 0.306 e. The van der Waals surface area contributed by atoms with E-state index in [1.807, 2.05) is 13.8 Å². The summed E-state index contributed by atoms with van der Waals surface area (Å²) in [5.74, 6) is -1.35. The number of ether oxygens (including phenoxy) is 1. The van der Waals surface area contributed by atoms with Crippen LogP contribution in [-0.2, 0) is 20.7 Å². The van der Waals surface area contributed by atoms with Crippen molar-refractivity contribution in [2.75, 3.05) is 19.7 Å². The Morgan fingerprint density at radius 2 is 2.00 bits per heavy atom. The van der Waals surface area contributed by atoms with Crippen LogP contribution in [0.4, 0.5) is 4.39 Å². The summed E-state index contributed by atoms with van der Waals surface area (Å²) < 4.78 is 20.3. The lowest BCUT2D eigenvalue weighted by Crippen LogP contribution is -2.46. The van der Waals surface area contributed by atoms with E-state index in [9.17, 15) is 14.0 Å². The van der Waals surface area contributed by atoms with Gasteiger partial charge in [-0.15, -0.1) is 0 Å². The number of benzene rings is 1. The molecule has 1 saturated heterocycles. The molecular formula is C19H22FN3O4. The SMILES string of the molecule is Cc1nn(-c2ccc(F)cc2)c(C)c1CC(=O)N1CCO[C@H](CC(=O)O)C1. The molecule has 0 spiro atoms. The zero-order valence-corrected chi connectivity index (χ0v) is 15.3. The maximum absolute atomic E-state index is 13.1. The zero-order chi connectivity index (χ0) is 19.6. The summed E-state index contributed by atoms with van der Waals surface area (Å²) in [6, 6.07) is 6.01. The van der Waals surface area contributed by atoms with Gasteiger partial charge in [0.25, 0.3) is 0 Å². The van der Waals surface area contributed by atoms with Gasteiger partial charge in [-0.3, -0.25) is 9.59 Å². The molecule has 1 fully saturated rings. The molecule has 0 aliphatic carbocycles. The number of aromatic nitrogens is 2. The van der Waals surface area contributed by atoms with E-state index in [-0.39, 0.29) is 31.1 Å². The number of carboxylic acid groups (broad SMARTS) is 1. The Balaban J connectivity index is 1.74. The summed E-state index contributed by atoms with van der Waals surface area (Å²) in [5.41, 5.74) is 3.11. The van der Waals surface area contributed by atoms with Crippen molar-refractivity contribution in [3.63, 3.8) is 0 Å². The van der Waals surface area contributed by atoms with E-state index in [1.54, 1.807) is 21.7 Å². The molecule has 0 unspecified atom stereocenters. The Morgan fingerprint density at radius 3 is 2.67 bits per heavy atom. The number of rotatable bonds is 5. The van der Waals surface area contributed by atoms with E-state index >= 15 is 0 Å². The monoisotopic (exact) mass is 375 g/mol. The number of carbonyl (C=O) groups is 2. The first-order valence-electron chi connectivity index (χ1n) is 8.77. The fourth-order valence-corrected chi connectivity index (χ4v) is 3.29. The predicted molar refractivity (Wildman–Crippen MR) is 95.3 cm³/mol. The van der Waals surface area contributed by atoms with Gasteiger partial charge < -0.3 is 14.7 Å². The second kappa shape index (κ2) is 7.87. The molecule has 0 saturated carbocycles. The highest BCUT2D eigenvalue weighted by molar-refractivity contribution is 5.79. The molecule has 8 heteroatoms. The third-order valence-corrected chi connectivity index (χ3v) is 4.73. The van der Waals surface area contributed by atoms with Crippen LogP contribution in [0.15, 0.2) is 24.3 Å². The lowest BCUT2D eigenvalue weighted by atomic mass is 10.1. The van der Waals surface area contributed by atoms with Crippen molar-refractivity contribution in [2.45, 2.75) is 32.8 Å². The number of nitrogens with zero attached hydrogens (tertiary/aromatic N) is 3. The Kier molecular flexibility index (Phi) is 5.55. The number of hydrogen-bond donors (Lipinski definition) is 1. The summed E-state index contributed by atoms with van der Waals surface area (Å²) in [6.07, 6.45) is -0.424. The van der Waals surface area contributed by atoms with Gasteiger partial charge in [0.05, 0.1) is 36.9 Å². The molecule has 1 atom stereocenters. The number of aryl methyl sites for hydroxylation is 1. The average molecular weight is 375 g/mol. The summed E-state index contributed by atoms with van der Waals surface area (Å²) in [4.78, 5) is 25.2. The number of morpholine rings is 1. The van der Waals surface area contributed by atoms with Crippen LogP contribution in [0.3, 0.4) is 0 Å². The Labute approximate surface area is 156 Å². The molecule has 0 bridgehead atoms. The highest BCUT2D eigenvalue weighted by atomic mass is 19.1. The normalized spacial score (nSPS) is 17.1. The highest BCUT2D eigenvalue weighted by Gasteiger charge is 2.27. The number of amides is 1. The first-order chi connectivity index (χ1) is 12.8. The fourth-order valence-electron chi connectivity index (χ4n) is 3.29. The molecule has 0 radical (unpaired) electrons. The van der Waals surface area contributed by atoms with Crippen LogP contribution in [0.1, 0.15) is 23.4 Å². The van der Waals surface area contributed by atoms with Crippen molar-refractivity contribution < 1.29 is 23.8 Å². The molecule has 1 N–H and O–H groups in total. The second-order valence-electron chi connectivity index (χ2n) is 6.64. The molecule has 3 rings (SSSR count). The van der Waals surface area contributed by atoms with Gasteiger partial charge >= 0.3 is 5.97 Å². The van der Waals surface area contributed by atoms with E-state index in [0.29, 0.717) is 13.2 Å². The highest BCUT2D eigenvalue weighted by Crippen LogP contribution is 2.20. The van der Waals surface area contributed by atoms with Crippen molar-refractivity contribution in [2.24, 2.45) is 0 Å². The Bertz CT molecular complexity index is 847. The largest absolute Gasteiger partial charge is 0.481 e. The molecule has 27 heavy (non-hydrogen) atoms. The summed E-state index contributed by atoms with van der Waals surface area (Å²) in [5, 5.41) is 13.4. The summed E-state index contributed by atoms with van der Waals surface area (Å²) in [7, 11) is 0. The van der Waals surface area contributed by atoms with Crippen LogP contribution in [0.2, 0.25) is 0 Å². The van der Waals surface area contributed by atoms with Gasteiger partial charge in [0.1, 0.15) is 5.82 Å². The maximum atomic E-state index is 13.1. The van der Waals surface area contributed by atoms with Crippen molar-refractivity contribution in [1.29, 1.82) is 0 Å². The molecule has 1 aliphatic heterocycles. The molecule has 1 aliphatic rings. The lowest BCUT2D eigenvalue weighted by Gasteiger charge is -2.32. The molecule has 144 valence electrons. The van der Waals surface area contributed by atoms with E-state index in [0.717, 1.165) is 22.6 Å². The topological polar surface area (TPSA) is 84.7 Å². The number of carbonyl (C=O) groups excluding carboxylic acids is 1. The minimum absolute atomic E-state index is 0.0847. The van der Waals surface area contributed by atoms with Crippen molar-refractivity contribution in [3.05, 3.63) is 47.0 Å². The number of hydrogen-bond acceptors (Lipinski definition) is 4. The summed E-state index contributed by atoms with van der Waals surface area (Å²) in [6.45, 7) is 4.76. The van der Waals surface area contributed by atoms with Gasteiger partial charge in [0.2, 0.25) is 5.91 Å². The first-order valence-corrected chi connectivity index (χ1v) is 8.77. The number of carboxylic acids is 1. The van der Waals surface area contributed by atoms with Crippen LogP contribution < -0.4 is 0 Å². The van der Waals surface area contributed by atoms with E-state index in [1.165, 1.54) is 12.1 Å². The van der Waals surface area contributed by atoms with Gasteiger partial charge in [-0.05, 0) is 38.1 Å². The van der Waals surface area contributed by atoms with Gasteiger partial charge in [0.15, 0.2) is 0 Å². The van der Waals surface area contributed by atoms with E-state index in [2.05, 4.69) is 5.10 Å². The zero-order valence-electron chi connectivity index (χ0n) is 15.3. The van der Waals surface area contributed by atoms with Crippen molar-refractivity contribution in [3.8, 4) is 5.69 Å². The van der Waals surface area contributed by atoms with Crippen LogP contribution in [0, 0.1) is 19.7 Å².